The molecule has 5 rings (SSSR count). The number of anilines is 2. The first-order valence-corrected chi connectivity index (χ1v) is 12.2. The topological polar surface area (TPSA) is 61.9 Å². The molecule has 0 spiro atoms. The van der Waals surface area contributed by atoms with Gasteiger partial charge in [-0.2, -0.15) is 0 Å². The molecule has 4 aromatic rings. The van der Waals surface area contributed by atoms with E-state index in [1.807, 2.05) is 54.6 Å². The first kappa shape index (κ1) is 23.6. The van der Waals surface area contributed by atoms with Crippen molar-refractivity contribution in [1.29, 1.82) is 0 Å². The number of ether oxygens (including phenoxy) is 1. The SMILES string of the molecule is O=Cc1c(OCC(=O)Nc2ccc(N3CCN(Cc4ccccc4)CC3)cc2)ccc2ccccc12. The summed E-state index contributed by atoms with van der Waals surface area (Å²) in [6, 6.07) is 29.7. The molecule has 182 valence electrons. The number of nitrogens with zero attached hydrogens (tertiary/aromatic N) is 2. The third kappa shape index (κ3) is 5.56. The molecule has 4 aromatic carbocycles. The van der Waals surface area contributed by atoms with Gasteiger partial charge in [-0.15, -0.1) is 0 Å². The molecule has 6 nitrogen and oxygen atoms in total. The van der Waals surface area contributed by atoms with Crippen molar-refractivity contribution >= 4 is 34.3 Å². The van der Waals surface area contributed by atoms with Crippen molar-refractivity contribution < 1.29 is 14.3 Å². The number of aldehydes is 1. The van der Waals surface area contributed by atoms with Gasteiger partial charge in [0.25, 0.3) is 5.91 Å². The van der Waals surface area contributed by atoms with Crippen LogP contribution >= 0.6 is 0 Å². The van der Waals surface area contributed by atoms with Gasteiger partial charge >= 0.3 is 0 Å². The number of carbonyl (C=O) groups excluding carboxylic acids is 2. The number of nitrogens with one attached hydrogen (secondary N) is 1. The maximum atomic E-state index is 12.5. The van der Waals surface area contributed by atoms with Crippen molar-refractivity contribution in [2.45, 2.75) is 6.54 Å². The second-order valence-electron chi connectivity index (χ2n) is 8.95. The second-order valence-corrected chi connectivity index (χ2v) is 8.95. The lowest BCUT2D eigenvalue weighted by Gasteiger charge is -2.36. The zero-order chi connectivity index (χ0) is 24.7. The van der Waals surface area contributed by atoms with E-state index in [0.29, 0.717) is 17.0 Å². The zero-order valence-corrected chi connectivity index (χ0v) is 20.1. The number of carbonyl (C=O) groups is 2. The fourth-order valence-corrected chi connectivity index (χ4v) is 4.62. The summed E-state index contributed by atoms with van der Waals surface area (Å²) in [5.74, 6) is 0.128. The van der Waals surface area contributed by atoms with Gasteiger partial charge in [0.2, 0.25) is 0 Å². The van der Waals surface area contributed by atoms with Crippen molar-refractivity contribution in [1.82, 2.24) is 4.90 Å². The summed E-state index contributed by atoms with van der Waals surface area (Å²) in [4.78, 5) is 29.0. The number of piperazine rings is 1. The average molecular weight is 480 g/mol. The monoisotopic (exact) mass is 479 g/mol. The summed E-state index contributed by atoms with van der Waals surface area (Å²) < 4.78 is 5.69. The van der Waals surface area contributed by atoms with Gasteiger partial charge in [0.1, 0.15) is 5.75 Å². The lowest BCUT2D eigenvalue weighted by atomic mass is 10.0. The molecule has 0 saturated carbocycles. The Kier molecular flexibility index (Phi) is 7.24. The fraction of sp³-hybridized carbons (Fsp3) is 0.200. The van der Waals surface area contributed by atoms with Crippen LogP contribution in [0.2, 0.25) is 0 Å². The predicted octanol–water partition coefficient (Wildman–Crippen LogP) is 4.99. The molecule has 36 heavy (non-hydrogen) atoms. The Morgan fingerprint density at radius 1 is 0.833 bits per heavy atom. The van der Waals surface area contributed by atoms with Crippen LogP contribution in [0, 0.1) is 0 Å². The number of hydrogen-bond donors (Lipinski definition) is 1. The van der Waals surface area contributed by atoms with Gasteiger partial charge in [0.15, 0.2) is 12.9 Å². The quantitative estimate of drug-likeness (QED) is 0.361. The molecule has 0 unspecified atom stereocenters. The van der Waals surface area contributed by atoms with E-state index in [1.54, 1.807) is 6.07 Å². The summed E-state index contributed by atoms with van der Waals surface area (Å²) in [6.45, 7) is 4.78. The highest BCUT2D eigenvalue weighted by Gasteiger charge is 2.17. The Morgan fingerprint density at radius 3 is 2.31 bits per heavy atom. The van der Waals surface area contributed by atoms with Crippen molar-refractivity contribution in [2.75, 3.05) is 43.0 Å². The Morgan fingerprint density at radius 2 is 1.56 bits per heavy atom. The standard InChI is InChI=1S/C30H29N3O3/c34-21-28-27-9-5-4-8-24(27)10-15-29(28)36-22-30(35)31-25-11-13-26(14-12-25)33-18-16-32(17-19-33)20-23-6-2-1-3-7-23/h1-15,21H,16-20,22H2,(H,31,35). The predicted molar refractivity (Wildman–Crippen MR) is 144 cm³/mol. The highest BCUT2D eigenvalue weighted by Crippen LogP contribution is 2.27. The second kappa shape index (κ2) is 11.1. The van der Waals surface area contributed by atoms with Crippen LogP contribution in [0.15, 0.2) is 91.0 Å². The number of fused-ring (bicyclic) bond motifs is 1. The fourth-order valence-electron chi connectivity index (χ4n) is 4.62. The molecule has 0 aromatic heterocycles. The molecule has 1 N–H and O–H groups in total. The lowest BCUT2D eigenvalue weighted by Crippen LogP contribution is -2.45. The van der Waals surface area contributed by atoms with Gasteiger partial charge in [0.05, 0.1) is 5.56 Å². The highest BCUT2D eigenvalue weighted by atomic mass is 16.5. The normalized spacial score (nSPS) is 13.9. The molecule has 1 saturated heterocycles. The Bertz CT molecular complexity index is 1330. The zero-order valence-electron chi connectivity index (χ0n) is 20.1. The van der Waals surface area contributed by atoms with E-state index in [2.05, 4.69) is 45.4 Å². The van der Waals surface area contributed by atoms with Gasteiger partial charge < -0.3 is 15.0 Å². The molecule has 0 bridgehead atoms. The van der Waals surface area contributed by atoms with E-state index in [1.165, 1.54) is 5.56 Å². The smallest absolute Gasteiger partial charge is 0.262 e. The maximum Gasteiger partial charge on any atom is 0.262 e. The van der Waals surface area contributed by atoms with Crippen LogP contribution in [0.25, 0.3) is 10.8 Å². The minimum Gasteiger partial charge on any atom is -0.483 e. The number of amides is 1. The molecule has 1 amide bonds. The van der Waals surface area contributed by atoms with E-state index in [0.717, 1.165) is 55.5 Å². The van der Waals surface area contributed by atoms with Crippen LogP contribution in [0.4, 0.5) is 11.4 Å². The summed E-state index contributed by atoms with van der Waals surface area (Å²) in [6.07, 6.45) is 0.774. The largest absolute Gasteiger partial charge is 0.483 e. The first-order chi connectivity index (χ1) is 17.7. The third-order valence-electron chi connectivity index (χ3n) is 6.54. The highest BCUT2D eigenvalue weighted by molar-refractivity contribution is 6.01. The van der Waals surface area contributed by atoms with E-state index >= 15 is 0 Å². The van der Waals surface area contributed by atoms with Gasteiger partial charge in [-0.25, -0.2) is 0 Å². The maximum absolute atomic E-state index is 12.5. The Hall–Kier alpha value is -4.16. The molecule has 1 aliphatic rings. The van der Waals surface area contributed by atoms with Gasteiger partial charge in [-0.05, 0) is 46.7 Å². The molecular formula is C30H29N3O3. The minimum atomic E-state index is -0.276. The third-order valence-corrected chi connectivity index (χ3v) is 6.54. The summed E-state index contributed by atoms with van der Waals surface area (Å²) in [7, 11) is 0. The molecule has 1 heterocycles. The van der Waals surface area contributed by atoms with Gasteiger partial charge in [-0.1, -0.05) is 60.7 Å². The number of rotatable bonds is 8. The lowest BCUT2D eigenvalue weighted by molar-refractivity contribution is -0.118. The van der Waals surface area contributed by atoms with Gasteiger partial charge in [-0.3, -0.25) is 14.5 Å². The van der Waals surface area contributed by atoms with Crippen LogP contribution in [0.1, 0.15) is 15.9 Å². The Labute approximate surface area is 211 Å². The van der Waals surface area contributed by atoms with E-state index < -0.39 is 0 Å². The van der Waals surface area contributed by atoms with E-state index in [-0.39, 0.29) is 12.5 Å². The summed E-state index contributed by atoms with van der Waals surface area (Å²) in [5, 5.41) is 4.63. The molecular weight excluding hydrogens is 450 g/mol. The van der Waals surface area contributed by atoms with Crippen molar-refractivity contribution in [3.8, 4) is 5.75 Å². The first-order valence-electron chi connectivity index (χ1n) is 12.2. The summed E-state index contributed by atoms with van der Waals surface area (Å²) >= 11 is 0. The molecule has 1 fully saturated rings. The van der Waals surface area contributed by atoms with E-state index in [9.17, 15) is 9.59 Å². The van der Waals surface area contributed by atoms with E-state index in [4.69, 9.17) is 4.74 Å². The van der Waals surface area contributed by atoms with Crippen molar-refractivity contribution in [2.24, 2.45) is 0 Å². The van der Waals surface area contributed by atoms with Crippen LogP contribution in [0.5, 0.6) is 5.75 Å². The number of hydrogen-bond acceptors (Lipinski definition) is 5. The molecule has 6 heteroatoms. The molecule has 0 radical (unpaired) electrons. The molecule has 0 atom stereocenters. The minimum absolute atomic E-state index is 0.176. The van der Waals surface area contributed by atoms with Gasteiger partial charge in [0, 0.05) is 44.1 Å². The molecule has 1 aliphatic heterocycles. The van der Waals surface area contributed by atoms with Crippen LogP contribution < -0.4 is 15.0 Å². The average Bonchev–Trinajstić information content (AvgIpc) is 2.93. The molecule has 0 aliphatic carbocycles. The Balaban J connectivity index is 1.12. The van der Waals surface area contributed by atoms with Crippen molar-refractivity contribution in [3.63, 3.8) is 0 Å². The van der Waals surface area contributed by atoms with Crippen molar-refractivity contribution in [3.05, 3.63) is 102 Å². The number of benzene rings is 4. The van der Waals surface area contributed by atoms with Crippen LogP contribution in [-0.4, -0.2) is 49.9 Å². The van der Waals surface area contributed by atoms with Crippen LogP contribution in [0.3, 0.4) is 0 Å². The van der Waals surface area contributed by atoms with Crippen LogP contribution in [-0.2, 0) is 11.3 Å². The summed E-state index contributed by atoms with van der Waals surface area (Å²) in [5.41, 5.74) is 3.66.